The van der Waals surface area contributed by atoms with Gasteiger partial charge >= 0.3 is 0 Å². The molecule has 0 aliphatic carbocycles. The average Bonchev–Trinajstić information content (AvgIpc) is 2.91. The van der Waals surface area contributed by atoms with E-state index in [4.69, 9.17) is 0 Å². The van der Waals surface area contributed by atoms with Gasteiger partial charge in [-0.3, -0.25) is 9.56 Å². The van der Waals surface area contributed by atoms with Crippen molar-refractivity contribution in [2.24, 2.45) is 4.99 Å². The van der Waals surface area contributed by atoms with Crippen molar-refractivity contribution in [1.29, 1.82) is 0 Å². The highest BCUT2D eigenvalue weighted by molar-refractivity contribution is 6.15. The first-order chi connectivity index (χ1) is 12.5. The van der Waals surface area contributed by atoms with Crippen LogP contribution in [0.2, 0.25) is 0 Å². The number of rotatable bonds is 3. The van der Waals surface area contributed by atoms with Crippen LogP contribution in [0.5, 0.6) is 0 Å². The molecular formula is C19H17F2N5. The maximum atomic E-state index is 14.4. The van der Waals surface area contributed by atoms with E-state index >= 15 is 0 Å². The molecule has 2 aromatic carbocycles. The molecule has 0 amide bonds. The minimum absolute atomic E-state index is 0.237. The Kier molecular flexibility index (Phi) is 4.08. The lowest BCUT2D eigenvalue weighted by molar-refractivity contribution is 0.387. The Morgan fingerprint density at radius 2 is 1.85 bits per heavy atom. The molecular weight excluding hydrogens is 336 g/mol. The standard InChI is InChI=1S/C19H17F2N5/c1-25(2)11-18-24-23-17-10-22-19(13-5-3-4-6-15(13)21)14-9-12(20)7-8-16(14)26(17)18/h3-9H,10-11H2,1-2H3. The van der Waals surface area contributed by atoms with Gasteiger partial charge in [0.1, 0.15) is 18.2 Å². The van der Waals surface area contributed by atoms with Gasteiger partial charge in [0.25, 0.3) is 0 Å². The molecule has 0 spiro atoms. The summed E-state index contributed by atoms with van der Waals surface area (Å²) in [4.78, 5) is 6.52. The minimum atomic E-state index is -0.404. The van der Waals surface area contributed by atoms with Crippen molar-refractivity contribution in [2.45, 2.75) is 13.1 Å². The molecule has 26 heavy (non-hydrogen) atoms. The second-order valence-electron chi connectivity index (χ2n) is 6.41. The largest absolute Gasteiger partial charge is 0.302 e. The van der Waals surface area contributed by atoms with Gasteiger partial charge < -0.3 is 4.90 Å². The number of halogens is 2. The summed E-state index contributed by atoms with van der Waals surface area (Å²) in [7, 11) is 3.87. The predicted octanol–water partition coefficient (Wildman–Crippen LogP) is 2.96. The van der Waals surface area contributed by atoms with Crippen molar-refractivity contribution in [3.05, 3.63) is 76.9 Å². The molecule has 7 heteroatoms. The molecule has 0 fully saturated rings. The number of hydrogen-bond donors (Lipinski definition) is 0. The summed E-state index contributed by atoms with van der Waals surface area (Å²) in [6.45, 7) is 0.805. The highest BCUT2D eigenvalue weighted by atomic mass is 19.1. The molecule has 0 bridgehead atoms. The lowest BCUT2D eigenvalue weighted by atomic mass is 10.00. The predicted molar refractivity (Wildman–Crippen MR) is 94.5 cm³/mol. The van der Waals surface area contributed by atoms with Crippen LogP contribution in [0.4, 0.5) is 8.78 Å². The Morgan fingerprint density at radius 1 is 1.04 bits per heavy atom. The molecule has 0 N–H and O–H groups in total. The zero-order valence-electron chi connectivity index (χ0n) is 14.4. The third-order valence-electron chi connectivity index (χ3n) is 4.22. The quantitative estimate of drug-likeness (QED) is 0.727. The second-order valence-corrected chi connectivity index (χ2v) is 6.41. The van der Waals surface area contributed by atoms with Gasteiger partial charge in [0.05, 0.1) is 17.9 Å². The van der Waals surface area contributed by atoms with Crippen LogP contribution in [-0.2, 0) is 13.1 Å². The molecule has 1 aliphatic heterocycles. The summed E-state index contributed by atoms with van der Waals surface area (Å²) in [5, 5.41) is 8.48. The Bertz CT molecular complexity index is 1010. The molecule has 0 unspecified atom stereocenters. The van der Waals surface area contributed by atoms with Crippen molar-refractivity contribution >= 4 is 5.71 Å². The number of aliphatic imine (C=N–C) groups is 1. The summed E-state index contributed by atoms with van der Waals surface area (Å²) in [5.41, 5.74) is 1.97. The van der Waals surface area contributed by atoms with Crippen molar-refractivity contribution in [3.8, 4) is 5.69 Å². The fraction of sp³-hybridized carbons (Fsp3) is 0.211. The topological polar surface area (TPSA) is 46.3 Å². The van der Waals surface area contributed by atoms with E-state index in [9.17, 15) is 8.78 Å². The maximum Gasteiger partial charge on any atom is 0.159 e. The molecule has 3 aromatic rings. The van der Waals surface area contributed by atoms with Crippen LogP contribution in [0.1, 0.15) is 22.8 Å². The Hall–Kier alpha value is -2.93. The number of aromatic nitrogens is 3. The van der Waals surface area contributed by atoms with E-state index in [0.717, 1.165) is 5.82 Å². The molecule has 0 radical (unpaired) electrons. The van der Waals surface area contributed by atoms with Crippen molar-refractivity contribution in [2.75, 3.05) is 14.1 Å². The number of fused-ring (bicyclic) bond motifs is 3. The van der Waals surface area contributed by atoms with Gasteiger partial charge in [-0.2, -0.15) is 0 Å². The Labute approximate surface area is 149 Å². The highest BCUT2D eigenvalue weighted by Crippen LogP contribution is 2.27. The van der Waals surface area contributed by atoms with Gasteiger partial charge in [-0.1, -0.05) is 12.1 Å². The number of benzene rings is 2. The van der Waals surface area contributed by atoms with Crippen LogP contribution < -0.4 is 0 Å². The fourth-order valence-corrected chi connectivity index (χ4v) is 3.13. The van der Waals surface area contributed by atoms with Crippen molar-refractivity contribution < 1.29 is 8.78 Å². The van der Waals surface area contributed by atoms with Gasteiger partial charge in [0.15, 0.2) is 11.6 Å². The van der Waals surface area contributed by atoms with E-state index in [1.807, 2.05) is 23.6 Å². The second kappa shape index (κ2) is 6.42. The summed E-state index contributed by atoms with van der Waals surface area (Å²) >= 11 is 0. The fourth-order valence-electron chi connectivity index (χ4n) is 3.13. The maximum absolute atomic E-state index is 14.4. The minimum Gasteiger partial charge on any atom is -0.302 e. The van der Waals surface area contributed by atoms with Gasteiger partial charge in [-0.15, -0.1) is 10.2 Å². The summed E-state index contributed by atoms with van der Waals surface area (Å²) in [6, 6.07) is 10.8. The zero-order chi connectivity index (χ0) is 18.3. The average molecular weight is 353 g/mol. The molecule has 0 atom stereocenters. The third kappa shape index (κ3) is 2.80. The summed E-state index contributed by atoms with van der Waals surface area (Å²) in [6.07, 6.45) is 0. The summed E-state index contributed by atoms with van der Waals surface area (Å²) < 4.78 is 30.3. The molecule has 1 aromatic heterocycles. The Morgan fingerprint density at radius 3 is 2.62 bits per heavy atom. The van der Waals surface area contributed by atoms with E-state index in [1.54, 1.807) is 24.3 Å². The third-order valence-corrected chi connectivity index (χ3v) is 4.22. The zero-order valence-corrected chi connectivity index (χ0v) is 14.4. The van der Waals surface area contributed by atoms with E-state index in [0.29, 0.717) is 34.9 Å². The van der Waals surface area contributed by atoms with Crippen molar-refractivity contribution in [3.63, 3.8) is 0 Å². The van der Waals surface area contributed by atoms with Crippen LogP contribution in [0, 0.1) is 11.6 Å². The van der Waals surface area contributed by atoms with Gasteiger partial charge in [0, 0.05) is 11.1 Å². The van der Waals surface area contributed by atoms with Crippen molar-refractivity contribution in [1.82, 2.24) is 19.7 Å². The monoisotopic (exact) mass is 353 g/mol. The van der Waals surface area contributed by atoms with Crippen LogP contribution in [-0.4, -0.2) is 39.5 Å². The molecule has 4 rings (SSSR count). The molecule has 1 aliphatic rings. The van der Waals surface area contributed by atoms with Gasteiger partial charge in [-0.05, 0) is 44.4 Å². The first-order valence-electron chi connectivity index (χ1n) is 8.22. The lowest BCUT2D eigenvalue weighted by Crippen LogP contribution is -2.17. The smallest absolute Gasteiger partial charge is 0.159 e. The summed E-state index contributed by atoms with van der Waals surface area (Å²) in [5.74, 6) is 0.565. The molecule has 2 heterocycles. The molecule has 132 valence electrons. The normalized spacial score (nSPS) is 13.2. The molecule has 0 saturated heterocycles. The van der Waals surface area contributed by atoms with E-state index < -0.39 is 11.6 Å². The SMILES string of the molecule is CN(C)Cc1nnc2n1-c1ccc(F)cc1C(c1ccccc1F)=NC2. The molecule has 5 nitrogen and oxygen atoms in total. The van der Waals surface area contributed by atoms with Crippen LogP contribution >= 0.6 is 0 Å². The van der Waals surface area contributed by atoms with E-state index in [-0.39, 0.29) is 6.54 Å². The van der Waals surface area contributed by atoms with Crippen LogP contribution in [0.25, 0.3) is 5.69 Å². The van der Waals surface area contributed by atoms with E-state index in [1.165, 1.54) is 18.2 Å². The highest BCUT2D eigenvalue weighted by Gasteiger charge is 2.24. The first-order valence-corrected chi connectivity index (χ1v) is 8.22. The molecule has 0 saturated carbocycles. The van der Waals surface area contributed by atoms with E-state index in [2.05, 4.69) is 15.2 Å². The lowest BCUT2D eigenvalue weighted by Gasteiger charge is -2.15. The number of hydrogen-bond acceptors (Lipinski definition) is 4. The van der Waals surface area contributed by atoms with Crippen LogP contribution in [0.3, 0.4) is 0 Å². The number of nitrogens with zero attached hydrogens (tertiary/aromatic N) is 5. The van der Waals surface area contributed by atoms with Crippen LogP contribution in [0.15, 0.2) is 47.5 Å². The Balaban J connectivity index is 1.95. The van der Waals surface area contributed by atoms with Gasteiger partial charge in [-0.25, -0.2) is 8.78 Å². The van der Waals surface area contributed by atoms with Gasteiger partial charge in [0.2, 0.25) is 0 Å². The first kappa shape index (κ1) is 16.5.